The van der Waals surface area contributed by atoms with Gasteiger partial charge < -0.3 is 12.9 Å². The molecule has 1 aliphatic rings. The number of hydrogen-bond donors (Lipinski definition) is 1. The van der Waals surface area contributed by atoms with E-state index in [0.29, 0.717) is 0 Å². The van der Waals surface area contributed by atoms with Crippen molar-refractivity contribution < 1.29 is 31.4 Å². The molecule has 0 amide bonds. The number of hydrogen-bond acceptors (Lipinski definition) is 1. The van der Waals surface area contributed by atoms with Gasteiger partial charge in [0.05, 0.1) is 6.20 Å². The smallest absolute Gasteiger partial charge is 0.443 e. The minimum Gasteiger partial charge on any atom is -0.443 e. The Morgan fingerprint density at radius 2 is 1.62 bits per heavy atom. The Morgan fingerprint density at radius 1 is 1.15 bits per heavy atom. The maximum Gasteiger partial charge on any atom is 0.583 e. The molecule has 0 bridgehead atoms. The maximum atomic E-state index is 10.5. The first-order valence-electron chi connectivity index (χ1n) is 3.03. The van der Waals surface area contributed by atoms with E-state index in [1.54, 1.807) is 12.5 Å². The molecule has 1 rings (SSSR count). The molecule has 13 heavy (non-hydrogen) atoms. The fraction of sp³-hybridized carbons (Fsp3) is 0.250. The second-order valence-electron chi connectivity index (χ2n) is 1.95. The lowest BCUT2D eigenvalue weighted by Gasteiger charge is -2.16. The summed E-state index contributed by atoms with van der Waals surface area (Å²) < 4.78 is 62.9. The number of nitrogens with two attached hydrogens (primary N) is 1. The topological polar surface area (TPSA) is 29.0 Å². The zero-order valence-corrected chi connectivity index (χ0v) is 6.10. The molecule has 0 spiro atoms. The number of halogens is 6. The molecule has 0 aromatic rings. The van der Waals surface area contributed by atoms with E-state index < -0.39 is 13.1 Å². The Labute approximate surface area is 69.4 Å². The number of rotatable bonds is 0. The third kappa shape index (κ3) is 5.28. The lowest BCUT2D eigenvalue weighted by atomic mass is 9.92. The van der Waals surface area contributed by atoms with Crippen molar-refractivity contribution in [1.29, 1.82) is 0 Å². The molecule has 0 unspecified atom stereocenters. The third-order valence-electron chi connectivity index (χ3n) is 0.827. The molecule has 76 valence electrons. The van der Waals surface area contributed by atoms with Crippen molar-refractivity contribution in [2.24, 2.45) is 4.99 Å². The quantitative estimate of drug-likeness (QED) is 0.452. The number of aliphatic imine (C=N–C) groups is 1. The molecule has 0 saturated heterocycles. The molecule has 0 fully saturated rings. The van der Waals surface area contributed by atoms with Crippen molar-refractivity contribution in [3.8, 4) is 0 Å². The predicted octanol–water partition coefficient (Wildman–Crippen LogP) is 0.998. The SMILES string of the molecule is C1=C[NH2+]C=N1.F[B-](F)(F)C(F)(F)F. The van der Waals surface area contributed by atoms with E-state index in [4.69, 9.17) is 0 Å². The highest BCUT2D eigenvalue weighted by atomic mass is 19.4. The lowest BCUT2D eigenvalue weighted by molar-refractivity contribution is -0.447. The Hall–Kier alpha value is -0.985. The van der Waals surface area contributed by atoms with E-state index in [9.17, 15) is 26.1 Å². The van der Waals surface area contributed by atoms with Crippen LogP contribution in [0.4, 0.5) is 26.1 Å². The zero-order valence-electron chi connectivity index (χ0n) is 6.10. The summed E-state index contributed by atoms with van der Waals surface area (Å²) in [4.78, 5) is 3.72. The fourth-order valence-electron chi connectivity index (χ4n) is 0.248. The van der Waals surface area contributed by atoms with Gasteiger partial charge in [-0.25, -0.2) is 18.2 Å². The predicted molar refractivity (Wildman–Crippen MR) is 34.7 cm³/mol. The van der Waals surface area contributed by atoms with E-state index in [-0.39, 0.29) is 0 Å². The summed E-state index contributed by atoms with van der Waals surface area (Å²) >= 11 is 0. The number of alkyl halides is 3. The molecular weight excluding hydrogens is 201 g/mol. The standard InChI is InChI=1S/C3H4N2.CBF6/c1-2-5-3-4-1;3-1(4,5)2(6,7)8/h1-3H,(H,4,5);/q;-1/p+1. The molecule has 0 saturated carbocycles. The third-order valence-corrected chi connectivity index (χ3v) is 0.827. The van der Waals surface area contributed by atoms with E-state index >= 15 is 0 Å². The molecule has 2 N–H and O–H groups in total. The second kappa shape index (κ2) is 4.31. The molecule has 0 atom stereocenters. The van der Waals surface area contributed by atoms with Gasteiger partial charge in [-0.2, -0.15) is 0 Å². The summed E-state index contributed by atoms with van der Waals surface area (Å²) in [5.74, 6) is 0. The Bertz CT molecular complexity index is 182. The van der Waals surface area contributed by atoms with Crippen molar-refractivity contribution in [2.75, 3.05) is 0 Å². The van der Waals surface area contributed by atoms with Gasteiger partial charge in [-0.15, -0.1) is 0 Å². The van der Waals surface area contributed by atoms with Crippen molar-refractivity contribution in [1.82, 2.24) is 0 Å². The summed E-state index contributed by atoms with van der Waals surface area (Å²) in [6.07, 6.45) is -0.611. The van der Waals surface area contributed by atoms with Gasteiger partial charge in [0.1, 0.15) is 6.20 Å². The molecule has 0 aliphatic carbocycles. The van der Waals surface area contributed by atoms with E-state index in [1.807, 2.05) is 11.5 Å². The van der Waals surface area contributed by atoms with Crippen LogP contribution in [0.5, 0.6) is 0 Å². The van der Waals surface area contributed by atoms with Crippen LogP contribution in [0.3, 0.4) is 0 Å². The maximum absolute atomic E-state index is 10.5. The highest BCUT2D eigenvalue weighted by Crippen LogP contribution is 2.31. The summed E-state index contributed by atoms with van der Waals surface area (Å²) in [6.45, 7) is -6.65. The van der Waals surface area contributed by atoms with Gasteiger partial charge in [-0.05, 0) is 0 Å². The molecule has 2 nitrogen and oxygen atoms in total. The highest BCUT2D eigenvalue weighted by Gasteiger charge is 2.53. The first-order valence-corrected chi connectivity index (χ1v) is 3.03. The van der Waals surface area contributed by atoms with Gasteiger partial charge in [0.15, 0.2) is 6.34 Å². The van der Waals surface area contributed by atoms with Gasteiger partial charge in [0.25, 0.3) is 0 Å². The normalized spacial score (nSPS) is 15.5. The summed E-state index contributed by atoms with van der Waals surface area (Å²) in [5.41, 5.74) is 0. The van der Waals surface area contributed by atoms with E-state index in [2.05, 4.69) is 4.99 Å². The Balaban J connectivity index is 0.000000243. The van der Waals surface area contributed by atoms with Gasteiger partial charge in [0, 0.05) is 0 Å². The first kappa shape index (κ1) is 12.0. The van der Waals surface area contributed by atoms with Crippen LogP contribution in [-0.2, 0) is 0 Å². The van der Waals surface area contributed by atoms with Crippen LogP contribution in [0.1, 0.15) is 0 Å². The summed E-state index contributed by atoms with van der Waals surface area (Å²) in [7, 11) is 0. The zero-order chi connectivity index (χ0) is 10.5. The fourth-order valence-corrected chi connectivity index (χ4v) is 0.248. The minimum atomic E-state index is -6.65. The Kier molecular flexibility index (Phi) is 3.98. The van der Waals surface area contributed by atoms with Crippen LogP contribution in [0.25, 0.3) is 0 Å². The summed E-state index contributed by atoms with van der Waals surface area (Å²) in [5, 5.41) is 1.89. The van der Waals surface area contributed by atoms with Crippen molar-refractivity contribution in [3.63, 3.8) is 0 Å². The molecule has 0 radical (unpaired) electrons. The highest BCUT2D eigenvalue weighted by molar-refractivity contribution is 6.60. The van der Waals surface area contributed by atoms with Crippen molar-refractivity contribution >= 4 is 13.3 Å². The first-order chi connectivity index (χ1) is 5.75. The van der Waals surface area contributed by atoms with Crippen LogP contribution in [0.15, 0.2) is 17.4 Å². The molecule has 1 aliphatic heterocycles. The van der Waals surface area contributed by atoms with Gasteiger partial charge in [-0.1, -0.05) is 0 Å². The molecule has 1 heterocycles. The average molecular weight is 206 g/mol. The van der Waals surface area contributed by atoms with Gasteiger partial charge >= 0.3 is 13.1 Å². The molecule has 9 heteroatoms. The monoisotopic (exact) mass is 206 g/mol. The average Bonchev–Trinajstić information content (AvgIpc) is 2.35. The minimum absolute atomic E-state index is 1.75. The molecular formula is C4H5BF6N2. The second-order valence-corrected chi connectivity index (χ2v) is 1.95. The number of nitrogens with zero attached hydrogens (tertiary/aromatic N) is 1. The molecule has 0 aromatic heterocycles. The van der Waals surface area contributed by atoms with E-state index in [0.717, 1.165) is 0 Å². The van der Waals surface area contributed by atoms with Gasteiger partial charge in [-0.3, -0.25) is 5.32 Å². The number of quaternary nitrogens is 1. The van der Waals surface area contributed by atoms with Crippen LogP contribution < -0.4 is 5.32 Å². The van der Waals surface area contributed by atoms with Crippen LogP contribution in [-0.4, -0.2) is 19.4 Å². The van der Waals surface area contributed by atoms with Crippen molar-refractivity contribution in [3.05, 3.63) is 12.4 Å². The van der Waals surface area contributed by atoms with Crippen molar-refractivity contribution in [2.45, 2.75) is 6.08 Å². The Morgan fingerprint density at radius 3 is 1.69 bits per heavy atom. The molecule has 0 aromatic carbocycles. The van der Waals surface area contributed by atoms with Crippen LogP contribution >= 0.6 is 0 Å². The van der Waals surface area contributed by atoms with Crippen LogP contribution in [0.2, 0.25) is 0 Å². The van der Waals surface area contributed by atoms with Gasteiger partial charge in [0.2, 0.25) is 0 Å². The van der Waals surface area contributed by atoms with Crippen LogP contribution in [0, 0.1) is 0 Å². The largest absolute Gasteiger partial charge is 0.583 e. The lowest BCUT2D eigenvalue weighted by Crippen LogP contribution is -2.74. The van der Waals surface area contributed by atoms with E-state index in [1.165, 1.54) is 0 Å². The summed E-state index contributed by atoms with van der Waals surface area (Å²) in [6, 6.07) is 0.